The number of benzene rings is 1. The number of nitrogens with zero attached hydrogens (tertiary/aromatic N) is 1. The summed E-state index contributed by atoms with van der Waals surface area (Å²) in [6, 6.07) is 11.3. The number of likely N-dealkylation sites (tertiary alicyclic amines) is 1. The van der Waals surface area contributed by atoms with Crippen molar-refractivity contribution in [2.24, 2.45) is 5.73 Å². The van der Waals surface area contributed by atoms with Crippen molar-refractivity contribution in [2.75, 3.05) is 13.1 Å². The van der Waals surface area contributed by atoms with Crippen LogP contribution in [0.5, 0.6) is 0 Å². The molecule has 100 valence electrons. The summed E-state index contributed by atoms with van der Waals surface area (Å²) in [5.74, 6) is 0. The van der Waals surface area contributed by atoms with Gasteiger partial charge < -0.3 is 5.73 Å². The lowest BCUT2D eigenvalue weighted by Crippen LogP contribution is -2.48. The lowest BCUT2D eigenvalue weighted by atomic mass is 9.97. The van der Waals surface area contributed by atoms with Crippen molar-refractivity contribution < 1.29 is 0 Å². The first kappa shape index (κ1) is 13.6. The highest BCUT2D eigenvalue weighted by Gasteiger charge is 2.35. The quantitative estimate of drug-likeness (QED) is 0.865. The Morgan fingerprint density at radius 3 is 2.56 bits per heavy atom. The Morgan fingerprint density at radius 1 is 1.28 bits per heavy atom. The molecule has 1 heterocycles. The van der Waals surface area contributed by atoms with Crippen LogP contribution in [0.3, 0.4) is 0 Å². The molecule has 1 aromatic carbocycles. The van der Waals surface area contributed by atoms with E-state index in [0.29, 0.717) is 11.6 Å². The van der Waals surface area contributed by atoms with Crippen LogP contribution in [0.2, 0.25) is 0 Å². The summed E-state index contributed by atoms with van der Waals surface area (Å²) in [6.07, 6.45) is 4.92. The molecule has 1 atom stereocenters. The number of nitrogens with two attached hydrogens (primary N) is 1. The van der Waals surface area contributed by atoms with E-state index in [-0.39, 0.29) is 0 Å². The average molecular weight is 246 g/mol. The summed E-state index contributed by atoms with van der Waals surface area (Å²) in [5, 5.41) is 0. The fourth-order valence-corrected chi connectivity index (χ4v) is 3.18. The third-order valence-electron chi connectivity index (χ3n) is 4.29. The Labute approximate surface area is 111 Å². The summed E-state index contributed by atoms with van der Waals surface area (Å²) >= 11 is 0. The zero-order chi connectivity index (χ0) is 13.0. The molecule has 0 saturated carbocycles. The van der Waals surface area contributed by atoms with Gasteiger partial charge in [-0.3, -0.25) is 4.90 Å². The number of rotatable bonds is 5. The molecule has 1 aliphatic heterocycles. The maximum absolute atomic E-state index is 6.00. The summed E-state index contributed by atoms with van der Waals surface area (Å²) in [6.45, 7) is 6.69. The van der Waals surface area contributed by atoms with E-state index in [9.17, 15) is 0 Å². The van der Waals surface area contributed by atoms with Crippen LogP contribution in [0.25, 0.3) is 0 Å². The fraction of sp³-hybridized carbons (Fsp3) is 0.625. The maximum Gasteiger partial charge on any atom is 0.0226 e. The molecule has 1 aromatic rings. The summed E-state index contributed by atoms with van der Waals surface area (Å²) in [7, 11) is 0. The van der Waals surface area contributed by atoms with Gasteiger partial charge in [-0.05, 0) is 51.6 Å². The Balaban J connectivity index is 1.94. The van der Waals surface area contributed by atoms with E-state index < -0.39 is 0 Å². The summed E-state index contributed by atoms with van der Waals surface area (Å²) in [4.78, 5) is 2.62. The second-order valence-corrected chi connectivity index (χ2v) is 6.02. The molecular weight excluding hydrogens is 220 g/mol. The zero-order valence-corrected chi connectivity index (χ0v) is 11.7. The highest BCUT2D eigenvalue weighted by atomic mass is 15.2. The van der Waals surface area contributed by atoms with Crippen molar-refractivity contribution in [3.63, 3.8) is 0 Å². The van der Waals surface area contributed by atoms with Gasteiger partial charge in [-0.25, -0.2) is 0 Å². The van der Waals surface area contributed by atoms with E-state index >= 15 is 0 Å². The molecule has 18 heavy (non-hydrogen) atoms. The van der Waals surface area contributed by atoms with Gasteiger partial charge in [0.1, 0.15) is 0 Å². The van der Waals surface area contributed by atoms with Crippen LogP contribution in [0.15, 0.2) is 30.3 Å². The third kappa shape index (κ3) is 3.12. The molecule has 1 saturated heterocycles. The van der Waals surface area contributed by atoms with E-state index in [4.69, 9.17) is 5.73 Å². The minimum absolute atomic E-state index is 0.334. The van der Waals surface area contributed by atoms with Crippen molar-refractivity contribution in [3.05, 3.63) is 35.9 Å². The first-order valence-corrected chi connectivity index (χ1v) is 7.14. The van der Waals surface area contributed by atoms with Gasteiger partial charge in [0, 0.05) is 18.1 Å². The van der Waals surface area contributed by atoms with Crippen LogP contribution in [-0.2, 0) is 6.42 Å². The van der Waals surface area contributed by atoms with Crippen molar-refractivity contribution in [3.8, 4) is 0 Å². The van der Waals surface area contributed by atoms with Gasteiger partial charge >= 0.3 is 0 Å². The first-order chi connectivity index (χ1) is 8.63. The lowest BCUT2D eigenvalue weighted by Gasteiger charge is -2.38. The first-order valence-electron chi connectivity index (χ1n) is 7.14. The smallest absolute Gasteiger partial charge is 0.0226 e. The van der Waals surface area contributed by atoms with Crippen molar-refractivity contribution >= 4 is 0 Å². The van der Waals surface area contributed by atoms with Crippen LogP contribution in [0, 0.1) is 0 Å². The molecule has 2 heteroatoms. The zero-order valence-electron chi connectivity index (χ0n) is 11.7. The summed E-state index contributed by atoms with van der Waals surface area (Å²) < 4.78 is 0. The van der Waals surface area contributed by atoms with Gasteiger partial charge in [-0.1, -0.05) is 30.3 Å². The second-order valence-electron chi connectivity index (χ2n) is 6.02. The minimum Gasteiger partial charge on any atom is -0.329 e. The van der Waals surface area contributed by atoms with Crippen LogP contribution >= 0.6 is 0 Å². The largest absolute Gasteiger partial charge is 0.329 e. The van der Waals surface area contributed by atoms with Crippen LogP contribution < -0.4 is 5.73 Å². The van der Waals surface area contributed by atoms with E-state index in [0.717, 1.165) is 13.0 Å². The average Bonchev–Trinajstić information content (AvgIpc) is 2.72. The molecule has 1 unspecified atom stereocenters. The molecule has 2 rings (SSSR count). The predicted molar refractivity (Wildman–Crippen MR) is 77.6 cm³/mol. The molecule has 2 N–H and O–H groups in total. The van der Waals surface area contributed by atoms with E-state index in [1.54, 1.807) is 0 Å². The molecule has 1 fully saturated rings. The number of hydrogen-bond acceptors (Lipinski definition) is 2. The highest BCUT2D eigenvalue weighted by Crippen LogP contribution is 2.31. The minimum atomic E-state index is 0.334. The van der Waals surface area contributed by atoms with Gasteiger partial charge in [0.05, 0.1) is 0 Å². The Kier molecular flexibility index (Phi) is 4.41. The third-order valence-corrected chi connectivity index (χ3v) is 4.29. The van der Waals surface area contributed by atoms with Gasteiger partial charge in [0.25, 0.3) is 0 Å². The molecule has 0 radical (unpaired) electrons. The SMILES string of the molecule is CC1(C)CCCN1C(CN)CCc1ccccc1. The molecule has 1 aliphatic rings. The van der Waals surface area contributed by atoms with Crippen LogP contribution in [-0.4, -0.2) is 29.6 Å². The Bertz CT molecular complexity index is 359. The molecular formula is C16H26N2. The van der Waals surface area contributed by atoms with Gasteiger partial charge in [-0.15, -0.1) is 0 Å². The van der Waals surface area contributed by atoms with Gasteiger partial charge in [0.15, 0.2) is 0 Å². The normalized spacial score (nSPS) is 21.1. The molecule has 0 aromatic heterocycles. The molecule has 0 spiro atoms. The van der Waals surface area contributed by atoms with E-state index in [2.05, 4.69) is 49.1 Å². The predicted octanol–water partition coefficient (Wildman–Crippen LogP) is 2.82. The lowest BCUT2D eigenvalue weighted by molar-refractivity contribution is 0.113. The number of aryl methyl sites for hydroxylation is 1. The van der Waals surface area contributed by atoms with Crippen LogP contribution in [0.4, 0.5) is 0 Å². The van der Waals surface area contributed by atoms with Crippen molar-refractivity contribution in [1.29, 1.82) is 0 Å². The maximum atomic E-state index is 6.00. The molecule has 0 bridgehead atoms. The highest BCUT2D eigenvalue weighted by molar-refractivity contribution is 5.15. The number of hydrogen-bond donors (Lipinski definition) is 1. The van der Waals surface area contributed by atoms with Crippen LogP contribution in [0.1, 0.15) is 38.7 Å². The Hall–Kier alpha value is -0.860. The molecule has 0 amide bonds. The standard InChI is InChI=1S/C16H26N2/c1-16(2)11-6-12-18(16)15(13-17)10-9-14-7-4-3-5-8-14/h3-5,7-8,15H,6,9-13,17H2,1-2H3. The summed E-state index contributed by atoms with van der Waals surface area (Å²) in [5.41, 5.74) is 7.75. The second kappa shape index (κ2) is 5.85. The molecule has 2 nitrogen and oxygen atoms in total. The van der Waals surface area contributed by atoms with Gasteiger partial charge in [0.2, 0.25) is 0 Å². The van der Waals surface area contributed by atoms with Crippen molar-refractivity contribution in [2.45, 2.75) is 51.1 Å². The van der Waals surface area contributed by atoms with Crippen molar-refractivity contribution in [1.82, 2.24) is 4.90 Å². The fourth-order valence-electron chi connectivity index (χ4n) is 3.18. The molecule has 0 aliphatic carbocycles. The van der Waals surface area contributed by atoms with E-state index in [1.165, 1.54) is 31.4 Å². The monoisotopic (exact) mass is 246 g/mol. The topological polar surface area (TPSA) is 29.3 Å². The Morgan fingerprint density at radius 2 is 2.00 bits per heavy atom. The van der Waals surface area contributed by atoms with E-state index in [1.807, 2.05) is 0 Å². The van der Waals surface area contributed by atoms with Gasteiger partial charge in [-0.2, -0.15) is 0 Å².